The molecule has 4 N–H and O–H groups in total. The van der Waals surface area contributed by atoms with Crippen molar-refractivity contribution in [3.8, 4) is 0 Å². The van der Waals surface area contributed by atoms with Gasteiger partial charge in [0.05, 0.1) is 12.3 Å². The highest BCUT2D eigenvalue weighted by Gasteiger charge is 2.16. The van der Waals surface area contributed by atoms with Crippen LogP contribution in [0.2, 0.25) is 0 Å². The summed E-state index contributed by atoms with van der Waals surface area (Å²) in [7, 11) is 0. The van der Waals surface area contributed by atoms with Crippen molar-refractivity contribution >= 4 is 17.5 Å². The van der Waals surface area contributed by atoms with E-state index in [2.05, 4.69) is 10.6 Å². The van der Waals surface area contributed by atoms with Crippen molar-refractivity contribution in [3.63, 3.8) is 0 Å². The van der Waals surface area contributed by atoms with Crippen LogP contribution in [0.25, 0.3) is 0 Å². The number of nitrogens with one attached hydrogen (secondary N) is 2. The Kier molecular flexibility index (Phi) is 5.54. The highest BCUT2D eigenvalue weighted by atomic mass is 16.3. The molecule has 0 spiro atoms. The molecule has 1 atom stereocenters. The van der Waals surface area contributed by atoms with E-state index in [1.165, 1.54) is 6.26 Å². The molecule has 0 aliphatic heterocycles. The second kappa shape index (κ2) is 7.60. The molecule has 0 unspecified atom stereocenters. The van der Waals surface area contributed by atoms with Gasteiger partial charge in [-0.15, -0.1) is 0 Å². The summed E-state index contributed by atoms with van der Waals surface area (Å²) in [6, 6.07) is 9.94. The van der Waals surface area contributed by atoms with Crippen LogP contribution in [0.3, 0.4) is 0 Å². The van der Waals surface area contributed by atoms with E-state index in [9.17, 15) is 9.59 Å². The van der Waals surface area contributed by atoms with Crippen molar-refractivity contribution in [2.45, 2.75) is 26.4 Å². The minimum absolute atomic E-state index is 0.0918. The van der Waals surface area contributed by atoms with Crippen LogP contribution in [-0.4, -0.2) is 17.9 Å². The first-order valence-corrected chi connectivity index (χ1v) is 7.44. The fourth-order valence-electron chi connectivity index (χ4n) is 1.92. The number of carbonyl (C=O) groups excluding carboxylic acids is 2. The Labute approximate surface area is 135 Å². The molecule has 0 saturated heterocycles. The van der Waals surface area contributed by atoms with Crippen LogP contribution in [0, 0.1) is 5.92 Å². The zero-order valence-electron chi connectivity index (χ0n) is 13.2. The van der Waals surface area contributed by atoms with Crippen molar-refractivity contribution in [1.82, 2.24) is 5.32 Å². The van der Waals surface area contributed by atoms with Crippen LogP contribution in [0.5, 0.6) is 0 Å². The Bertz CT molecular complexity index is 648. The fourth-order valence-corrected chi connectivity index (χ4v) is 1.92. The lowest BCUT2D eigenvalue weighted by Crippen LogP contribution is -2.43. The molecule has 6 heteroatoms. The maximum Gasteiger partial charge on any atom is 0.291 e. The molecule has 122 valence electrons. The largest absolute Gasteiger partial charge is 0.459 e. The van der Waals surface area contributed by atoms with Crippen LogP contribution in [0.1, 0.15) is 30.0 Å². The van der Waals surface area contributed by atoms with Gasteiger partial charge in [0.25, 0.3) is 5.91 Å². The van der Waals surface area contributed by atoms with E-state index in [0.29, 0.717) is 12.2 Å². The van der Waals surface area contributed by atoms with Gasteiger partial charge >= 0.3 is 0 Å². The Hall–Kier alpha value is -2.60. The molecule has 2 amide bonds. The minimum Gasteiger partial charge on any atom is -0.459 e. The molecule has 6 nitrogen and oxygen atoms in total. The molecule has 0 fully saturated rings. The Balaban J connectivity index is 1.87. The predicted molar refractivity (Wildman–Crippen MR) is 87.8 cm³/mol. The molecule has 1 aromatic heterocycles. The first kappa shape index (κ1) is 16.8. The predicted octanol–water partition coefficient (Wildman–Crippen LogP) is 2.13. The number of carbonyl (C=O) groups is 2. The van der Waals surface area contributed by atoms with Gasteiger partial charge in [0.2, 0.25) is 5.91 Å². The molecule has 0 bridgehead atoms. The lowest BCUT2D eigenvalue weighted by molar-refractivity contribution is -0.123. The van der Waals surface area contributed by atoms with Crippen molar-refractivity contribution < 1.29 is 14.0 Å². The summed E-state index contributed by atoms with van der Waals surface area (Å²) in [4.78, 5) is 23.6. The molecule has 0 aliphatic carbocycles. The normalized spacial score (nSPS) is 12.0. The van der Waals surface area contributed by atoms with Gasteiger partial charge in [-0.3, -0.25) is 9.59 Å². The van der Waals surface area contributed by atoms with Gasteiger partial charge in [0, 0.05) is 12.2 Å². The molecule has 1 aromatic carbocycles. The second-order valence-electron chi connectivity index (χ2n) is 5.62. The molecule has 2 rings (SSSR count). The van der Waals surface area contributed by atoms with Gasteiger partial charge < -0.3 is 20.8 Å². The lowest BCUT2D eigenvalue weighted by atomic mass is 10.0. The SMILES string of the molecule is CC(C)[C@@H](N)C(=O)NCc1ccc(NC(=O)c2ccco2)cc1. The Morgan fingerprint density at radius 1 is 1.17 bits per heavy atom. The van der Waals surface area contributed by atoms with E-state index in [-0.39, 0.29) is 23.5 Å². The van der Waals surface area contributed by atoms with Crippen molar-refractivity contribution in [2.24, 2.45) is 11.7 Å². The molecule has 1 heterocycles. The van der Waals surface area contributed by atoms with E-state index in [0.717, 1.165) is 5.56 Å². The number of anilines is 1. The Morgan fingerprint density at radius 2 is 1.87 bits per heavy atom. The van der Waals surface area contributed by atoms with Crippen LogP contribution in [0.15, 0.2) is 47.1 Å². The molecular weight excluding hydrogens is 294 g/mol. The summed E-state index contributed by atoms with van der Waals surface area (Å²) in [5.74, 6) is -0.132. The minimum atomic E-state index is -0.512. The van der Waals surface area contributed by atoms with Crippen LogP contribution in [0.4, 0.5) is 5.69 Å². The number of rotatable bonds is 6. The monoisotopic (exact) mass is 315 g/mol. The third-order valence-corrected chi connectivity index (χ3v) is 3.44. The van der Waals surface area contributed by atoms with Gasteiger partial charge in [-0.2, -0.15) is 0 Å². The van der Waals surface area contributed by atoms with Gasteiger partial charge in [0.1, 0.15) is 0 Å². The summed E-state index contributed by atoms with van der Waals surface area (Å²) in [6.07, 6.45) is 1.45. The van der Waals surface area contributed by atoms with Crippen molar-refractivity contribution in [1.29, 1.82) is 0 Å². The van der Waals surface area contributed by atoms with E-state index in [1.807, 2.05) is 26.0 Å². The van der Waals surface area contributed by atoms with Crippen LogP contribution < -0.4 is 16.4 Å². The van der Waals surface area contributed by atoms with E-state index < -0.39 is 6.04 Å². The van der Waals surface area contributed by atoms with Gasteiger partial charge in [-0.25, -0.2) is 0 Å². The van der Waals surface area contributed by atoms with Crippen molar-refractivity contribution in [3.05, 3.63) is 54.0 Å². The number of nitrogens with two attached hydrogens (primary N) is 1. The summed E-state index contributed by atoms with van der Waals surface area (Å²) >= 11 is 0. The smallest absolute Gasteiger partial charge is 0.291 e. The quantitative estimate of drug-likeness (QED) is 0.760. The molecular formula is C17H21N3O3. The summed E-state index contributed by atoms with van der Waals surface area (Å²) in [5.41, 5.74) is 7.36. The van der Waals surface area contributed by atoms with E-state index >= 15 is 0 Å². The number of furan rings is 1. The maximum absolute atomic E-state index is 11.8. The zero-order chi connectivity index (χ0) is 16.8. The van der Waals surface area contributed by atoms with Crippen molar-refractivity contribution in [2.75, 3.05) is 5.32 Å². The fraction of sp³-hybridized carbons (Fsp3) is 0.294. The first-order chi connectivity index (χ1) is 11.0. The summed E-state index contributed by atoms with van der Waals surface area (Å²) < 4.78 is 5.03. The molecule has 2 aromatic rings. The van der Waals surface area contributed by atoms with E-state index in [4.69, 9.17) is 10.2 Å². The van der Waals surface area contributed by atoms with Gasteiger partial charge in [-0.05, 0) is 35.7 Å². The molecule has 0 saturated carbocycles. The second-order valence-corrected chi connectivity index (χ2v) is 5.62. The Morgan fingerprint density at radius 3 is 2.43 bits per heavy atom. The number of benzene rings is 1. The third kappa shape index (κ3) is 4.69. The number of amides is 2. The standard InChI is InChI=1S/C17H21N3O3/c1-11(2)15(18)17(22)19-10-12-5-7-13(8-6-12)20-16(21)14-4-3-9-23-14/h3-9,11,15H,10,18H2,1-2H3,(H,19,22)(H,20,21)/t15-/m1/s1. The summed E-state index contributed by atoms with van der Waals surface area (Å²) in [6.45, 7) is 4.20. The van der Waals surface area contributed by atoms with Crippen LogP contribution in [-0.2, 0) is 11.3 Å². The zero-order valence-corrected chi connectivity index (χ0v) is 13.2. The molecule has 0 radical (unpaired) electrons. The topological polar surface area (TPSA) is 97.4 Å². The number of hydrogen-bond acceptors (Lipinski definition) is 4. The third-order valence-electron chi connectivity index (χ3n) is 3.44. The highest BCUT2D eigenvalue weighted by molar-refractivity contribution is 6.02. The number of hydrogen-bond donors (Lipinski definition) is 3. The first-order valence-electron chi connectivity index (χ1n) is 7.44. The summed E-state index contributed by atoms with van der Waals surface area (Å²) in [5, 5.41) is 5.53. The average molecular weight is 315 g/mol. The lowest BCUT2D eigenvalue weighted by Gasteiger charge is -2.15. The van der Waals surface area contributed by atoms with Gasteiger partial charge in [0.15, 0.2) is 5.76 Å². The maximum atomic E-state index is 11.8. The highest BCUT2D eigenvalue weighted by Crippen LogP contribution is 2.12. The van der Waals surface area contributed by atoms with Crippen LogP contribution >= 0.6 is 0 Å². The molecule has 0 aliphatic rings. The average Bonchev–Trinajstić information content (AvgIpc) is 3.07. The van der Waals surface area contributed by atoms with E-state index in [1.54, 1.807) is 24.3 Å². The molecule has 23 heavy (non-hydrogen) atoms. The van der Waals surface area contributed by atoms with Gasteiger partial charge in [-0.1, -0.05) is 26.0 Å².